The number of carbonyl (C=O) groups is 1. The first-order chi connectivity index (χ1) is 11.7. The van der Waals surface area contributed by atoms with Crippen LogP contribution in [0.5, 0.6) is 5.75 Å². The smallest absolute Gasteiger partial charge is 0.281 e. The van der Waals surface area contributed by atoms with Crippen molar-refractivity contribution in [1.82, 2.24) is 9.38 Å². The standard InChI is InChI=1S/C17H16N4O3/c1-24-13-7-5-12(6-8-13)20-16(22)11-18-14-10-19-15-4-2-3-9-21(15)17(14)23/h2-10,18H,11H2,1H3,(H,20,22). The molecule has 2 aromatic heterocycles. The molecule has 24 heavy (non-hydrogen) atoms. The van der Waals surface area contributed by atoms with Gasteiger partial charge < -0.3 is 15.4 Å². The number of carbonyl (C=O) groups excluding carboxylic acids is 1. The summed E-state index contributed by atoms with van der Waals surface area (Å²) in [5.41, 5.74) is 1.22. The molecule has 1 amide bonds. The molecule has 2 heterocycles. The molecule has 0 unspecified atom stereocenters. The van der Waals surface area contributed by atoms with E-state index < -0.39 is 0 Å². The van der Waals surface area contributed by atoms with Gasteiger partial charge in [0.15, 0.2) is 0 Å². The maximum absolute atomic E-state index is 12.3. The van der Waals surface area contributed by atoms with Crippen LogP contribution in [0, 0.1) is 0 Å². The highest BCUT2D eigenvalue weighted by atomic mass is 16.5. The molecule has 7 nitrogen and oxygen atoms in total. The number of hydrogen-bond acceptors (Lipinski definition) is 5. The van der Waals surface area contributed by atoms with Crippen molar-refractivity contribution < 1.29 is 9.53 Å². The quantitative estimate of drug-likeness (QED) is 0.747. The SMILES string of the molecule is COc1ccc(NC(=O)CNc2cnc3ccccn3c2=O)cc1. The molecule has 0 saturated heterocycles. The summed E-state index contributed by atoms with van der Waals surface area (Å²) in [7, 11) is 1.58. The van der Waals surface area contributed by atoms with Gasteiger partial charge in [0.05, 0.1) is 19.9 Å². The van der Waals surface area contributed by atoms with Crippen LogP contribution in [0.25, 0.3) is 5.65 Å². The molecule has 3 aromatic rings. The van der Waals surface area contributed by atoms with Gasteiger partial charge >= 0.3 is 0 Å². The molecule has 0 atom stereocenters. The molecule has 0 saturated carbocycles. The van der Waals surface area contributed by atoms with Crippen LogP contribution in [0.15, 0.2) is 59.7 Å². The molecule has 0 aliphatic carbocycles. The number of aromatic nitrogens is 2. The van der Waals surface area contributed by atoms with Crippen LogP contribution in [0.3, 0.4) is 0 Å². The molecule has 1 aromatic carbocycles. The number of amides is 1. The Morgan fingerprint density at radius 3 is 2.75 bits per heavy atom. The van der Waals surface area contributed by atoms with E-state index in [4.69, 9.17) is 4.74 Å². The number of nitrogens with zero attached hydrogens (tertiary/aromatic N) is 2. The van der Waals surface area contributed by atoms with Crippen LogP contribution in [-0.4, -0.2) is 28.9 Å². The van der Waals surface area contributed by atoms with Crippen molar-refractivity contribution in [2.45, 2.75) is 0 Å². The molecule has 122 valence electrons. The molecule has 7 heteroatoms. The molecule has 0 spiro atoms. The first kappa shape index (κ1) is 15.5. The van der Waals surface area contributed by atoms with Crippen LogP contribution in [0.2, 0.25) is 0 Å². The number of fused-ring (bicyclic) bond motifs is 1. The van der Waals surface area contributed by atoms with Crippen LogP contribution in [0.4, 0.5) is 11.4 Å². The van der Waals surface area contributed by atoms with Crippen LogP contribution >= 0.6 is 0 Å². The Morgan fingerprint density at radius 2 is 2.00 bits per heavy atom. The van der Waals surface area contributed by atoms with Crippen molar-refractivity contribution in [3.8, 4) is 5.75 Å². The van der Waals surface area contributed by atoms with E-state index in [2.05, 4.69) is 15.6 Å². The normalized spacial score (nSPS) is 10.4. The molecule has 0 bridgehead atoms. The van der Waals surface area contributed by atoms with Gasteiger partial charge in [-0.25, -0.2) is 4.98 Å². The second-order valence-electron chi connectivity index (χ2n) is 5.04. The van der Waals surface area contributed by atoms with E-state index >= 15 is 0 Å². The minimum atomic E-state index is -0.266. The van der Waals surface area contributed by atoms with Gasteiger partial charge in [-0.05, 0) is 36.4 Å². The van der Waals surface area contributed by atoms with E-state index in [-0.39, 0.29) is 23.7 Å². The van der Waals surface area contributed by atoms with E-state index in [0.29, 0.717) is 17.1 Å². The average molecular weight is 324 g/mol. The second kappa shape index (κ2) is 6.82. The lowest BCUT2D eigenvalue weighted by Gasteiger charge is -2.08. The zero-order valence-corrected chi connectivity index (χ0v) is 13.0. The maximum Gasteiger partial charge on any atom is 0.281 e. The van der Waals surface area contributed by atoms with Crippen molar-refractivity contribution in [3.05, 3.63) is 65.2 Å². The van der Waals surface area contributed by atoms with Crippen molar-refractivity contribution in [2.24, 2.45) is 0 Å². The maximum atomic E-state index is 12.3. The second-order valence-corrected chi connectivity index (χ2v) is 5.04. The highest BCUT2D eigenvalue weighted by molar-refractivity contribution is 5.93. The van der Waals surface area contributed by atoms with Crippen molar-refractivity contribution >= 4 is 22.9 Å². The lowest BCUT2D eigenvalue weighted by Crippen LogP contribution is -2.26. The number of pyridine rings is 1. The minimum absolute atomic E-state index is 0.0398. The molecule has 2 N–H and O–H groups in total. The third-order valence-electron chi connectivity index (χ3n) is 3.43. The van der Waals surface area contributed by atoms with Gasteiger partial charge in [-0.1, -0.05) is 6.07 Å². The van der Waals surface area contributed by atoms with Gasteiger partial charge in [-0.15, -0.1) is 0 Å². The topological polar surface area (TPSA) is 84.7 Å². The molecular weight excluding hydrogens is 308 g/mol. The number of methoxy groups -OCH3 is 1. The molecule has 0 radical (unpaired) electrons. The Balaban J connectivity index is 1.65. The third kappa shape index (κ3) is 3.35. The molecule has 3 rings (SSSR count). The number of ether oxygens (including phenoxy) is 1. The van der Waals surface area contributed by atoms with E-state index in [1.54, 1.807) is 55.8 Å². The number of nitrogens with one attached hydrogen (secondary N) is 2. The van der Waals surface area contributed by atoms with Gasteiger partial charge in [0, 0.05) is 11.9 Å². The van der Waals surface area contributed by atoms with Crippen molar-refractivity contribution in [2.75, 3.05) is 24.3 Å². The lowest BCUT2D eigenvalue weighted by molar-refractivity contribution is -0.114. The molecule has 0 aliphatic heterocycles. The van der Waals surface area contributed by atoms with Crippen molar-refractivity contribution in [3.63, 3.8) is 0 Å². The van der Waals surface area contributed by atoms with Gasteiger partial charge in [0.2, 0.25) is 5.91 Å². The summed E-state index contributed by atoms with van der Waals surface area (Å²) in [6.45, 7) is -0.0398. The summed E-state index contributed by atoms with van der Waals surface area (Å²) in [5, 5.41) is 5.55. The number of anilines is 2. The summed E-state index contributed by atoms with van der Waals surface area (Å²) in [4.78, 5) is 28.4. The summed E-state index contributed by atoms with van der Waals surface area (Å²) in [6.07, 6.45) is 3.06. The summed E-state index contributed by atoms with van der Waals surface area (Å²) in [5.74, 6) is 0.444. The monoisotopic (exact) mass is 324 g/mol. The molecular formula is C17H16N4O3. The zero-order valence-electron chi connectivity index (χ0n) is 13.0. The summed E-state index contributed by atoms with van der Waals surface area (Å²) < 4.78 is 6.48. The Kier molecular flexibility index (Phi) is 4.42. The van der Waals surface area contributed by atoms with Crippen LogP contribution in [-0.2, 0) is 4.79 Å². The number of benzene rings is 1. The van der Waals surface area contributed by atoms with Gasteiger partial charge in [-0.2, -0.15) is 0 Å². The first-order valence-corrected chi connectivity index (χ1v) is 7.31. The predicted octanol–water partition coefficient (Wildman–Crippen LogP) is 1.75. The van der Waals surface area contributed by atoms with Crippen LogP contribution < -0.4 is 20.9 Å². The largest absolute Gasteiger partial charge is 0.497 e. The Labute approximate surface area is 137 Å². The number of rotatable bonds is 5. The van der Waals surface area contributed by atoms with Gasteiger partial charge in [0.25, 0.3) is 5.56 Å². The van der Waals surface area contributed by atoms with Crippen LogP contribution in [0.1, 0.15) is 0 Å². The lowest BCUT2D eigenvalue weighted by atomic mass is 10.3. The summed E-state index contributed by atoms with van der Waals surface area (Å²) >= 11 is 0. The van der Waals surface area contributed by atoms with E-state index in [0.717, 1.165) is 0 Å². The van der Waals surface area contributed by atoms with E-state index in [1.165, 1.54) is 10.6 Å². The highest BCUT2D eigenvalue weighted by Gasteiger charge is 2.07. The third-order valence-corrected chi connectivity index (χ3v) is 3.43. The van der Waals surface area contributed by atoms with Gasteiger partial charge in [-0.3, -0.25) is 14.0 Å². The minimum Gasteiger partial charge on any atom is -0.497 e. The molecule has 0 aliphatic rings. The predicted molar refractivity (Wildman–Crippen MR) is 91.6 cm³/mol. The van der Waals surface area contributed by atoms with Crippen molar-refractivity contribution in [1.29, 1.82) is 0 Å². The highest BCUT2D eigenvalue weighted by Crippen LogP contribution is 2.14. The Hall–Kier alpha value is -3.35. The summed E-state index contributed by atoms with van der Waals surface area (Å²) in [6, 6.07) is 12.3. The Morgan fingerprint density at radius 1 is 1.21 bits per heavy atom. The van der Waals surface area contributed by atoms with E-state index in [1.807, 2.05) is 0 Å². The molecule has 0 fully saturated rings. The van der Waals surface area contributed by atoms with Gasteiger partial charge in [0.1, 0.15) is 17.1 Å². The number of hydrogen-bond donors (Lipinski definition) is 2. The fraction of sp³-hybridized carbons (Fsp3) is 0.118. The zero-order chi connectivity index (χ0) is 16.9. The Bertz CT molecular complexity index is 919. The first-order valence-electron chi connectivity index (χ1n) is 7.31. The fourth-order valence-corrected chi connectivity index (χ4v) is 2.20. The fourth-order valence-electron chi connectivity index (χ4n) is 2.20. The van der Waals surface area contributed by atoms with E-state index in [9.17, 15) is 9.59 Å². The average Bonchev–Trinajstić information content (AvgIpc) is 2.62.